The molecule has 2 N–H and O–H groups in total. The van der Waals surface area contributed by atoms with Crippen LogP contribution < -0.4 is 10.6 Å². The van der Waals surface area contributed by atoms with Gasteiger partial charge in [-0.2, -0.15) is 0 Å². The quantitative estimate of drug-likeness (QED) is 0.410. The molecule has 0 spiro atoms. The van der Waals surface area contributed by atoms with Crippen molar-refractivity contribution >= 4 is 50.9 Å². The van der Waals surface area contributed by atoms with E-state index in [1.54, 1.807) is 31.2 Å². The second-order valence-corrected chi connectivity index (χ2v) is 8.69. The van der Waals surface area contributed by atoms with Crippen molar-refractivity contribution in [3.05, 3.63) is 88.4 Å². The van der Waals surface area contributed by atoms with Crippen LogP contribution in [0.15, 0.2) is 76.1 Å². The monoisotopic (exact) mass is 490 g/mol. The minimum absolute atomic E-state index is 0.107. The molecule has 3 rings (SSSR count). The third-order valence-electron chi connectivity index (χ3n) is 4.07. The number of hydrogen-bond donors (Lipinski definition) is 2. The van der Waals surface area contributed by atoms with Crippen molar-refractivity contribution in [1.29, 1.82) is 0 Å². The number of carbonyl (C=O) groups excluding carboxylic acids is 2. The summed E-state index contributed by atoms with van der Waals surface area (Å²) in [4.78, 5) is 25.5. The number of benzene rings is 3. The molecule has 0 radical (unpaired) electrons. The van der Waals surface area contributed by atoms with Crippen LogP contribution >= 0.6 is 27.7 Å². The number of hydrogen-bond acceptors (Lipinski definition) is 3. The summed E-state index contributed by atoms with van der Waals surface area (Å²) in [6.07, 6.45) is 0. The molecule has 0 saturated heterocycles. The summed E-state index contributed by atoms with van der Waals surface area (Å²) in [7, 11) is 0. The number of rotatable bonds is 6. The van der Waals surface area contributed by atoms with Gasteiger partial charge in [-0.05, 0) is 67.6 Å². The Morgan fingerprint density at radius 2 is 1.70 bits per heavy atom. The zero-order chi connectivity index (χ0) is 21.7. The first-order valence-electron chi connectivity index (χ1n) is 8.91. The highest BCUT2D eigenvalue weighted by Crippen LogP contribution is 2.27. The molecule has 1 atom stereocenters. The molecule has 0 aromatic heterocycles. The van der Waals surface area contributed by atoms with Gasteiger partial charge in [-0.25, -0.2) is 8.78 Å². The van der Waals surface area contributed by atoms with E-state index in [2.05, 4.69) is 26.6 Å². The van der Waals surface area contributed by atoms with Crippen LogP contribution in [0.5, 0.6) is 0 Å². The average Bonchev–Trinajstić information content (AvgIpc) is 2.70. The van der Waals surface area contributed by atoms with E-state index >= 15 is 0 Å². The van der Waals surface area contributed by atoms with Crippen LogP contribution in [0.4, 0.5) is 20.2 Å². The predicted octanol–water partition coefficient (Wildman–Crippen LogP) is 6.10. The number of amides is 2. The molecule has 2 amide bonds. The van der Waals surface area contributed by atoms with Gasteiger partial charge in [0.05, 0.1) is 10.9 Å². The molecule has 0 aliphatic carbocycles. The second-order valence-electron chi connectivity index (χ2n) is 6.36. The third-order valence-corrected chi connectivity index (χ3v) is 5.66. The number of carbonyl (C=O) groups is 2. The minimum atomic E-state index is -0.527. The molecule has 0 fully saturated rings. The summed E-state index contributed by atoms with van der Waals surface area (Å²) in [5.41, 5.74) is 0.982. The van der Waals surface area contributed by atoms with Gasteiger partial charge in [0.1, 0.15) is 11.6 Å². The van der Waals surface area contributed by atoms with Crippen LogP contribution in [-0.4, -0.2) is 17.1 Å². The van der Waals surface area contributed by atoms with E-state index in [0.29, 0.717) is 15.7 Å². The molecular weight excluding hydrogens is 474 g/mol. The van der Waals surface area contributed by atoms with Crippen LogP contribution in [0.3, 0.4) is 0 Å². The highest BCUT2D eigenvalue weighted by atomic mass is 79.9. The van der Waals surface area contributed by atoms with Crippen LogP contribution in [-0.2, 0) is 4.79 Å². The predicted molar refractivity (Wildman–Crippen MR) is 119 cm³/mol. The number of nitrogens with one attached hydrogen (secondary N) is 2. The Bertz CT molecular complexity index is 1080. The van der Waals surface area contributed by atoms with E-state index in [-0.39, 0.29) is 17.5 Å². The van der Waals surface area contributed by atoms with Gasteiger partial charge >= 0.3 is 0 Å². The molecule has 0 saturated carbocycles. The van der Waals surface area contributed by atoms with Crippen molar-refractivity contribution in [2.45, 2.75) is 17.1 Å². The maximum absolute atomic E-state index is 13.9. The lowest BCUT2D eigenvalue weighted by Crippen LogP contribution is -2.23. The maximum atomic E-state index is 13.9. The molecule has 3 aromatic rings. The van der Waals surface area contributed by atoms with Crippen molar-refractivity contribution in [3.63, 3.8) is 0 Å². The summed E-state index contributed by atoms with van der Waals surface area (Å²) in [6.45, 7) is 1.71. The Hall–Kier alpha value is -2.71. The lowest BCUT2D eigenvalue weighted by atomic mass is 10.2. The second kappa shape index (κ2) is 9.86. The molecule has 30 heavy (non-hydrogen) atoms. The van der Waals surface area contributed by atoms with Gasteiger partial charge < -0.3 is 10.6 Å². The van der Waals surface area contributed by atoms with Crippen molar-refractivity contribution in [3.8, 4) is 0 Å². The normalized spacial score (nSPS) is 11.6. The van der Waals surface area contributed by atoms with Gasteiger partial charge in [-0.15, -0.1) is 11.8 Å². The first-order chi connectivity index (χ1) is 14.3. The minimum Gasteiger partial charge on any atom is -0.323 e. The lowest BCUT2D eigenvalue weighted by Gasteiger charge is -2.13. The van der Waals surface area contributed by atoms with E-state index < -0.39 is 16.9 Å². The van der Waals surface area contributed by atoms with E-state index in [4.69, 9.17) is 0 Å². The Morgan fingerprint density at radius 3 is 2.40 bits per heavy atom. The van der Waals surface area contributed by atoms with Crippen molar-refractivity contribution in [1.82, 2.24) is 0 Å². The van der Waals surface area contributed by atoms with E-state index in [0.717, 1.165) is 4.90 Å². The highest BCUT2D eigenvalue weighted by Gasteiger charge is 2.17. The Labute approximate surface area is 185 Å². The summed E-state index contributed by atoms with van der Waals surface area (Å²) < 4.78 is 27.5. The standard InChI is InChI=1S/C22H17BrF2N2O2S/c1-13(21(28)27-20-10-7-15(23)11-19(20)25)30-18-4-2-3-17(12-18)26-22(29)14-5-8-16(24)9-6-14/h2-13H,1H3,(H,26,29)(H,27,28). The van der Waals surface area contributed by atoms with Crippen molar-refractivity contribution in [2.24, 2.45) is 0 Å². The van der Waals surface area contributed by atoms with Crippen LogP contribution in [0.2, 0.25) is 0 Å². The fraction of sp³-hybridized carbons (Fsp3) is 0.0909. The number of anilines is 2. The zero-order valence-corrected chi connectivity index (χ0v) is 18.2. The van der Waals surface area contributed by atoms with Gasteiger partial charge in [0.2, 0.25) is 5.91 Å². The zero-order valence-electron chi connectivity index (χ0n) is 15.8. The summed E-state index contributed by atoms with van der Waals surface area (Å²) >= 11 is 4.45. The first kappa shape index (κ1) is 22.0. The largest absolute Gasteiger partial charge is 0.323 e. The molecule has 3 aromatic carbocycles. The average molecular weight is 491 g/mol. The molecule has 0 bridgehead atoms. The number of halogens is 3. The van der Waals surface area contributed by atoms with E-state index in [9.17, 15) is 18.4 Å². The summed E-state index contributed by atoms with van der Waals surface area (Å²) in [6, 6.07) is 16.7. The first-order valence-corrected chi connectivity index (χ1v) is 10.6. The molecule has 0 aliphatic rings. The smallest absolute Gasteiger partial charge is 0.255 e. The van der Waals surface area contributed by atoms with Crippen molar-refractivity contribution in [2.75, 3.05) is 10.6 Å². The van der Waals surface area contributed by atoms with E-state index in [1.165, 1.54) is 48.2 Å². The van der Waals surface area contributed by atoms with Gasteiger partial charge in [0, 0.05) is 20.6 Å². The van der Waals surface area contributed by atoms with Crippen LogP contribution in [0.1, 0.15) is 17.3 Å². The molecule has 0 heterocycles. The van der Waals surface area contributed by atoms with Gasteiger partial charge in [-0.3, -0.25) is 9.59 Å². The maximum Gasteiger partial charge on any atom is 0.255 e. The number of thioether (sulfide) groups is 1. The Morgan fingerprint density at radius 1 is 0.967 bits per heavy atom. The molecule has 8 heteroatoms. The Kier molecular flexibility index (Phi) is 7.23. The fourth-order valence-electron chi connectivity index (χ4n) is 2.53. The van der Waals surface area contributed by atoms with Crippen LogP contribution in [0, 0.1) is 11.6 Å². The highest BCUT2D eigenvalue weighted by molar-refractivity contribution is 9.10. The van der Waals surface area contributed by atoms with Gasteiger partial charge in [0.25, 0.3) is 5.91 Å². The Balaban J connectivity index is 1.63. The third kappa shape index (κ3) is 5.90. The van der Waals surface area contributed by atoms with E-state index in [1.807, 2.05) is 6.07 Å². The molecular formula is C22H17BrF2N2O2S. The summed E-state index contributed by atoms with van der Waals surface area (Å²) in [5, 5.41) is 4.81. The van der Waals surface area contributed by atoms with Crippen LogP contribution in [0.25, 0.3) is 0 Å². The molecule has 4 nitrogen and oxygen atoms in total. The molecule has 1 unspecified atom stereocenters. The van der Waals surface area contributed by atoms with Gasteiger partial charge in [-0.1, -0.05) is 22.0 Å². The molecule has 0 aliphatic heterocycles. The van der Waals surface area contributed by atoms with Gasteiger partial charge in [0.15, 0.2) is 0 Å². The summed E-state index contributed by atoms with van der Waals surface area (Å²) in [5.74, 6) is -1.66. The topological polar surface area (TPSA) is 58.2 Å². The van der Waals surface area contributed by atoms with Crippen molar-refractivity contribution < 1.29 is 18.4 Å². The SMILES string of the molecule is CC(Sc1cccc(NC(=O)c2ccc(F)cc2)c1)C(=O)Nc1ccc(Br)cc1F. The fourth-order valence-corrected chi connectivity index (χ4v) is 3.79. The lowest BCUT2D eigenvalue weighted by molar-refractivity contribution is -0.115. The molecule has 154 valence electrons.